The Labute approximate surface area is 208 Å². The number of anilines is 1. The van der Waals surface area contributed by atoms with Gasteiger partial charge in [-0.05, 0) is 43.2 Å². The maximum Gasteiger partial charge on any atom is 0.272 e. The number of pyridine rings is 1. The minimum absolute atomic E-state index is 0.0299. The zero-order chi connectivity index (χ0) is 24.6. The molecule has 6 rings (SSSR count). The van der Waals surface area contributed by atoms with E-state index in [9.17, 15) is 4.79 Å². The van der Waals surface area contributed by atoms with Crippen molar-refractivity contribution in [2.24, 2.45) is 7.05 Å². The summed E-state index contributed by atoms with van der Waals surface area (Å²) in [4.78, 5) is 26.5. The van der Waals surface area contributed by atoms with Crippen LogP contribution in [0.5, 0.6) is 5.75 Å². The molecule has 4 heterocycles. The van der Waals surface area contributed by atoms with E-state index in [1.807, 2.05) is 47.4 Å². The molecule has 36 heavy (non-hydrogen) atoms. The fourth-order valence-electron chi connectivity index (χ4n) is 4.51. The Morgan fingerprint density at radius 1 is 1.08 bits per heavy atom. The van der Waals surface area contributed by atoms with Crippen molar-refractivity contribution in [3.05, 3.63) is 60.2 Å². The third-order valence-corrected chi connectivity index (χ3v) is 6.75. The first-order valence-electron chi connectivity index (χ1n) is 12.1. The molecule has 0 unspecified atom stereocenters. The molecule has 2 aliphatic rings. The summed E-state index contributed by atoms with van der Waals surface area (Å²) >= 11 is 0. The van der Waals surface area contributed by atoms with Gasteiger partial charge in [0.05, 0.1) is 12.8 Å². The Hall–Kier alpha value is -4.21. The normalized spacial score (nSPS) is 15.8. The van der Waals surface area contributed by atoms with Crippen LogP contribution in [-0.2, 0) is 7.05 Å². The second-order valence-corrected chi connectivity index (χ2v) is 9.15. The number of carbonyl (C=O) groups is 1. The molecule has 0 radical (unpaired) electrons. The van der Waals surface area contributed by atoms with Gasteiger partial charge in [0.2, 0.25) is 11.7 Å². The van der Waals surface area contributed by atoms with Gasteiger partial charge in [0.25, 0.3) is 5.91 Å². The zero-order valence-corrected chi connectivity index (χ0v) is 20.3. The van der Waals surface area contributed by atoms with Gasteiger partial charge in [0.15, 0.2) is 0 Å². The minimum atomic E-state index is -0.0299. The van der Waals surface area contributed by atoms with Crippen molar-refractivity contribution < 1.29 is 14.1 Å². The highest BCUT2D eigenvalue weighted by Gasteiger charge is 2.30. The largest absolute Gasteiger partial charge is 0.496 e. The van der Waals surface area contributed by atoms with Crippen molar-refractivity contribution in [1.29, 1.82) is 0 Å². The summed E-state index contributed by atoms with van der Waals surface area (Å²) in [6.45, 7) is 2.60. The standard InChI is InChI=1S/C26H27N7O3/c1-31-21(15-20(29-31)19-5-3-4-6-22(19)35-2)26(34)33-13-11-32(12-14-33)23-10-9-18(16-27-23)24-28-25(36-30-24)17-7-8-17/h3-6,9-10,15-17H,7-8,11-14H2,1-2H3. The number of rotatable bonds is 6. The summed E-state index contributed by atoms with van der Waals surface area (Å²) in [5.41, 5.74) is 2.97. The van der Waals surface area contributed by atoms with Gasteiger partial charge in [0, 0.05) is 56.5 Å². The average molecular weight is 486 g/mol. The molecule has 1 aliphatic carbocycles. The van der Waals surface area contributed by atoms with Gasteiger partial charge in [-0.2, -0.15) is 10.1 Å². The topological polar surface area (TPSA) is 102 Å². The average Bonchev–Trinajstić information content (AvgIpc) is 3.53. The van der Waals surface area contributed by atoms with Crippen molar-refractivity contribution >= 4 is 11.7 Å². The van der Waals surface area contributed by atoms with Gasteiger partial charge in [-0.25, -0.2) is 4.98 Å². The minimum Gasteiger partial charge on any atom is -0.496 e. The first-order chi connectivity index (χ1) is 17.6. The van der Waals surface area contributed by atoms with Crippen molar-refractivity contribution in [3.8, 4) is 28.4 Å². The van der Waals surface area contributed by atoms with E-state index in [4.69, 9.17) is 9.26 Å². The number of benzene rings is 1. The van der Waals surface area contributed by atoms with Gasteiger partial charge < -0.3 is 19.1 Å². The fraction of sp³-hybridized carbons (Fsp3) is 0.346. The van der Waals surface area contributed by atoms with E-state index in [2.05, 4.69) is 25.1 Å². The van der Waals surface area contributed by atoms with E-state index in [0.29, 0.717) is 49.3 Å². The summed E-state index contributed by atoms with van der Waals surface area (Å²) in [6.07, 6.45) is 4.02. The molecule has 3 aromatic heterocycles. The van der Waals surface area contributed by atoms with Crippen LogP contribution in [0.4, 0.5) is 5.82 Å². The van der Waals surface area contributed by atoms with E-state index in [1.54, 1.807) is 25.0 Å². The Balaban J connectivity index is 1.10. The van der Waals surface area contributed by atoms with Gasteiger partial charge in [-0.3, -0.25) is 9.48 Å². The molecule has 1 saturated carbocycles. The molecule has 1 saturated heterocycles. The first-order valence-corrected chi connectivity index (χ1v) is 12.1. The number of piperazine rings is 1. The van der Waals surface area contributed by atoms with E-state index < -0.39 is 0 Å². The SMILES string of the molecule is COc1ccccc1-c1cc(C(=O)N2CCN(c3ccc(-c4noc(C5CC5)n4)cn3)CC2)n(C)n1. The van der Waals surface area contributed by atoms with E-state index >= 15 is 0 Å². The summed E-state index contributed by atoms with van der Waals surface area (Å²) < 4.78 is 12.5. The Morgan fingerprint density at radius 2 is 1.89 bits per heavy atom. The quantitative estimate of drug-likeness (QED) is 0.410. The number of aromatic nitrogens is 5. The summed E-state index contributed by atoms with van der Waals surface area (Å²) in [7, 11) is 3.43. The molecule has 0 bridgehead atoms. The third kappa shape index (κ3) is 4.19. The van der Waals surface area contributed by atoms with Gasteiger partial charge >= 0.3 is 0 Å². The zero-order valence-electron chi connectivity index (χ0n) is 20.3. The maximum absolute atomic E-state index is 13.3. The lowest BCUT2D eigenvalue weighted by atomic mass is 10.1. The van der Waals surface area contributed by atoms with Crippen LogP contribution >= 0.6 is 0 Å². The van der Waals surface area contributed by atoms with Gasteiger partial charge in [-0.1, -0.05) is 17.3 Å². The highest BCUT2D eigenvalue weighted by atomic mass is 16.5. The number of amides is 1. The molecule has 10 heteroatoms. The number of hydrogen-bond donors (Lipinski definition) is 0. The molecule has 184 valence electrons. The number of methoxy groups -OCH3 is 1. The molecule has 4 aromatic rings. The second-order valence-electron chi connectivity index (χ2n) is 9.15. The van der Waals surface area contributed by atoms with Crippen LogP contribution in [-0.4, -0.2) is 69.0 Å². The molecule has 0 N–H and O–H groups in total. The number of nitrogens with zero attached hydrogens (tertiary/aromatic N) is 7. The van der Waals surface area contributed by atoms with Crippen LogP contribution in [0.15, 0.2) is 53.2 Å². The molecule has 0 spiro atoms. The third-order valence-electron chi connectivity index (χ3n) is 6.75. The Morgan fingerprint density at radius 3 is 2.61 bits per heavy atom. The molecule has 1 aliphatic heterocycles. The van der Waals surface area contributed by atoms with Gasteiger partial charge in [-0.15, -0.1) is 0 Å². The van der Waals surface area contributed by atoms with E-state index in [-0.39, 0.29) is 5.91 Å². The van der Waals surface area contributed by atoms with Crippen LogP contribution in [0.2, 0.25) is 0 Å². The Kier molecular flexibility index (Phi) is 5.63. The van der Waals surface area contributed by atoms with Crippen molar-refractivity contribution in [2.75, 3.05) is 38.2 Å². The predicted molar refractivity (Wildman–Crippen MR) is 133 cm³/mol. The van der Waals surface area contributed by atoms with E-state index in [0.717, 1.165) is 41.4 Å². The van der Waals surface area contributed by atoms with Crippen molar-refractivity contribution in [3.63, 3.8) is 0 Å². The fourth-order valence-corrected chi connectivity index (χ4v) is 4.51. The van der Waals surface area contributed by atoms with Gasteiger partial charge in [0.1, 0.15) is 17.3 Å². The van der Waals surface area contributed by atoms with Crippen LogP contribution in [0.25, 0.3) is 22.6 Å². The summed E-state index contributed by atoms with van der Waals surface area (Å²) in [5, 5.41) is 8.66. The number of aryl methyl sites for hydroxylation is 1. The number of hydrogen-bond acceptors (Lipinski definition) is 8. The lowest BCUT2D eigenvalue weighted by Crippen LogP contribution is -2.49. The summed E-state index contributed by atoms with van der Waals surface area (Å²) in [5.74, 6) is 3.29. The lowest BCUT2D eigenvalue weighted by Gasteiger charge is -2.35. The number of ether oxygens (including phenoxy) is 1. The van der Waals surface area contributed by atoms with Crippen LogP contribution < -0.4 is 9.64 Å². The lowest BCUT2D eigenvalue weighted by molar-refractivity contribution is 0.0735. The molecule has 1 amide bonds. The van der Waals surface area contributed by atoms with Crippen molar-refractivity contribution in [2.45, 2.75) is 18.8 Å². The monoisotopic (exact) mass is 485 g/mol. The highest BCUT2D eigenvalue weighted by Crippen LogP contribution is 2.39. The summed E-state index contributed by atoms with van der Waals surface area (Å²) in [6, 6.07) is 13.4. The number of carbonyl (C=O) groups excluding carboxylic acids is 1. The number of para-hydroxylation sites is 1. The predicted octanol–water partition coefficient (Wildman–Crippen LogP) is 3.38. The molecule has 0 atom stereocenters. The van der Waals surface area contributed by atoms with E-state index in [1.165, 1.54) is 0 Å². The molecule has 1 aromatic carbocycles. The first kappa shape index (κ1) is 22.3. The van der Waals surface area contributed by atoms with Crippen LogP contribution in [0.3, 0.4) is 0 Å². The maximum atomic E-state index is 13.3. The van der Waals surface area contributed by atoms with Crippen LogP contribution in [0, 0.1) is 0 Å². The molecular weight excluding hydrogens is 458 g/mol. The Bertz CT molecular complexity index is 1380. The van der Waals surface area contributed by atoms with Crippen LogP contribution in [0.1, 0.15) is 35.1 Å². The second kappa shape index (κ2) is 9.10. The smallest absolute Gasteiger partial charge is 0.272 e. The molecule has 2 fully saturated rings. The molecular formula is C26H27N7O3. The highest BCUT2D eigenvalue weighted by molar-refractivity contribution is 5.94. The van der Waals surface area contributed by atoms with Crippen molar-refractivity contribution in [1.82, 2.24) is 29.8 Å². The molecule has 10 nitrogen and oxygen atoms in total.